The van der Waals surface area contributed by atoms with E-state index in [1.165, 1.54) is 11.1 Å². The Morgan fingerprint density at radius 1 is 1.07 bits per heavy atom. The van der Waals surface area contributed by atoms with Crippen molar-refractivity contribution < 1.29 is 0 Å². The first kappa shape index (κ1) is 18.1. The van der Waals surface area contributed by atoms with E-state index in [9.17, 15) is 4.79 Å². The van der Waals surface area contributed by atoms with Crippen molar-refractivity contribution in [3.05, 3.63) is 64.1 Å². The lowest BCUT2D eigenvalue weighted by Crippen LogP contribution is -2.33. The highest BCUT2D eigenvalue weighted by atomic mass is 16.1. The van der Waals surface area contributed by atoms with Crippen molar-refractivity contribution in [3.8, 4) is 11.3 Å². The van der Waals surface area contributed by atoms with Gasteiger partial charge in [0.05, 0.1) is 11.0 Å². The zero-order valence-corrected chi connectivity index (χ0v) is 16.9. The maximum absolute atomic E-state index is 13.8. The molecule has 2 heterocycles. The van der Waals surface area contributed by atoms with Crippen molar-refractivity contribution in [2.75, 3.05) is 0 Å². The quantitative estimate of drug-likeness (QED) is 0.528. The van der Waals surface area contributed by atoms with Crippen LogP contribution in [0.15, 0.2) is 47.4 Å². The second-order valence-corrected chi connectivity index (χ2v) is 8.38. The van der Waals surface area contributed by atoms with Crippen LogP contribution in [0, 0.1) is 13.8 Å². The number of aromatic amines is 1. The van der Waals surface area contributed by atoms with Crippen LogP contribution in [0.1, 0.15) is 42.9 Å². The van der Waals surface area contributed by atoms with E-state index in [2.05, 4.69) is 31.0 Å². The molecule has 29 heavy (non-hydrogen) atoms. The summed E-state index contributed by atoms with van der Waals surface area (Å²) in [6, 6.07) is 12.7. The van der Waals surface area contributed by atoms with Crippen LogP contribution in [-0.4, -0.2) is 20.6 Å². The van der Waals surface area contributed by atoms with E-state index in [-0.39, 0.29) is 17.6 Å². The number of aryl methyl sites for hydroxylation is 2. The van der Waals surface area contributed by atoms with Gasteiger partial charge in [0.15, 0.2) is 0 Å². The average Bonchev–Trinajstić information content (AvgIpc) is 3.14. The Morgan fingerprint density at radius 2 is 1.79 bits per heavy atom. The molecule has 0 unspecified atom stereocenters. The van der Waals surface area contributed by atoms with Crippen molar-refractivity contribution in [1.82, 2.24) is 14.5 Å². The fourth-order valence-electron chi connectivity index (χ4n) is 4.63. The second-order valence-electron chi connectivity index (χ2n) is 8.38. The van der Waals surface area contributed by atoms with E-state index in [0.717, 1.165) is 53.2 Å². The predicted octanol–water partition coefficient (Wildman–Crippen LogP) is 4.60. The van der Waals surface area contributed by atoms with Gasteiger partial charge in [0.1, 0.15) is 5.69 Å². The van der Waals surface area contributed by atoms with Crippen LogP contribution < -0.4 is 11.3 Å². The Morgan fingerprint density at radius 3 is 2.59 bits per heavy atom. The number of hydrogen-bond donors (Lipinski definition) is 2. The zero-order chi connectivity index (χ0) is 20.1. The van der Waals surface area contributed by atoms with Crippen molar-refractivity contribution in [2.45, 2.75) is 51.6 Å². The molecule has 0 radical (unpaired) electrons. The molecule has 0 spiro atoms. The van der Waals surface area contributed by atoms with Crippen LogP contribution in [0.5, 0.6) is 0 Å². The van der Waals surface area contributed by atoms with Crippen LogP contribution in [0.3, 0.4) is 0 Å². The molecule has 4 aromatic rings. The molecule has 5 heteroatoms. The number of H-pyrrole nitrogens is 1. The summed E-state index contributed by atoms with van der Waals surface area (Å²) in [6.07, 6.45) is 5.67. The van der Waals surface area contributed by atoms with E-state index in [0.29, 0.717) is 5.69 Å². The summed E-state index contributed by atoms with van der Waals surface area (Å²) in [4.78, 5) is 21.9. The van der Waals surface area contributed by atoms with Crippen LogP contribution in [0.2, 0.25) is 0 Å². The van der Waals surface area contributed by atoms with Crippen LogP contribution >= 0.6 is 0 Å². The lowest BCUT2D eigenvalue weighted by molar-refractivity contribution is 0.324. The molecule has 5 nitrogen and oxygen atoms in total. The molecular weight excluding hydrogens is 360 g/mol. The summed E-state index contributed by atoms with van der Waals surface area (Å²) < 4.78 is 2.00. The largest absolute Gasteiger partial charge is 0.360 e. The van der Waals surface area contributed by atoms with Gasteiger partial charge < -0.3 is 15.3 Å². The number of hydrogen-bond acceptors (Lipinski definition) is 3. The topological polar surface area (TPSA) is 76.7 Å². The van der Waals surface area contributed by atoms with Crippen LogP contribution in [0.4, 0.5) is 0 Å². The second kappa shape index (κ2) is 6.85. The van der Waals surface area contributed by atoms with Gasteiger partial charge in [-0.3, -0.25) is 4.79 Å². The number of benzene rings is 2. The van der Waals surface area contributed by atoms with E-state index in [4.69, 9.17) is 10.7 Å². The van der Waals surface area contributed by atoms with Gasteiger partial charge in [-0.1, -0.05) is 18.2 Å². The first-order valence-electron chi connectivity index (χ1n) is 10.4. The van der Waals surface area contributed by atoms with Gasteiger partial charge in [0.25, 0.3) is 5.56 Å². The number of nitrogens with one attached hydrogen (secondary N) is 1. The molecule has 2 aromatic heterocycles. The van der Waals surface area contributed by atoms with Crippen molar-refractivity contribution in [2.24, 2.45) is 5.73 Å². The van der Waals surface area contributed by atoms with E-state index >= 15 is 0 Å². The normalized spacial score (nSPS) is 19.8. The molecule has 2 aromatic carbocycles. The Balaban J connectivity index is 1.80. The van der Waals surface area contributed by atoms with Crippen molar-refractivity contribution in [1.29, 1.82) is 0 Å². The van der Waals surface area contributed by atoms with E-state index in [1.807, 2.05) is 35.0 Å². The predicted molar refractivity (Wildman–Crippen MR) is 118 cm³/mol. The SMILES string of the molecule is Cc1cc2nc(-c3c[nH]c4ccccc34)c(=O)n(C3CCC(N)CC3)c2cc1C. The molecule has 0 saturated heterocycles. The first-order valence-corrected chi connectivity index (χ1v) is 10.4. The Bertz CT molecular complexity index is 1280. The fourth-order valence-corrected chi connectivity index (χ4v) is 4.63. The van der Waals surface area contributed by atoms with Crippen LogP contribution in [0.25, 0.3) is 33.2 Å². The summed E-state index contributed by atoms with van der Waals surface area (Å²) in [5.41, 5.74) is 12.7. The number of nitrogens with zero attached hydrogens (tertiary/aromatic N) is 2. The summed E-state index contributed by atoms with van der Waals surface area (Å²) in [5, 5.41) is 1.03. The Labute approximate surface area is 169 Å². The summed E-state index contributed by atoms with van der Waals surface area (Å²) in [6.45, 7) is 4.19. The lowest BCUT2D eigenvalue weighted by atomic mass is 9.91. The highest BCUT2D eigenvalue weighted by Gasteiger charge is 2.25. The van der Waals surface area contributed by atoms with Gasteiger partial charge in [-0.2, -0.15) is 0 Å². The molecule has 0 bridgehead atoms. The Hall–Kier alpha value is -2.92. The van der Waals surface area contributed by atoms with Crippen molar-refractivity contribution in [3.63, 3.8) is 0 Å². The number of nitrogens with two attached hydrogens (primary N) is 1. The molecule has 3 N–H and O–H groups in total. The fraction of sp³-hybridized carbons (Fsp3) is 0.333. The zero-order valence-electron chi connectivity index (χ0n) is 16.9. The minimum absolute atomic E-state index is 0.00835. The summed E-state index contributed by atoms with van der Waals surface area (Å²) >= 11 is 0. The summed E-state index contributed by atoms with van der Waals surface area (Å²) in [5.74, 6) is 0. The molecular formula is C24H26N4O. The maximum Gasteiger partial charge on any atom is 0.277 e. The highest BCUT2D eigenvalue weighted by molar-refractivity contribution is 5.95. The Kier molecular flexibility index (Phi) is 4.28. The molecule has 1 aliphatic carbocycles. The van der Waals surface area contributed by atoms with Crippen molar-refractivity contribution >= 4 is 21.9 Å². The van der Waals surface area contributed by atoms with Gasteiger partial charge in [0.2, 0.25) is 0 Å². The minimum Gasteiger partial charge on any atom is -0.360 e. The molecule has 1 aliphatic rings. The van der Waals surface area contributed by atoms with Gasteiger partial charge >= 0.3 is 0 Å². The number of para-hydroxylation sites is 1. The molecule has 148 valence electrons. The maximum atomic E-state index is 13.8. The molecule has 0 atom stereocenters. The highest BCUT2D eigenvalue weighted by Crippen LogP contribution is 2.32. The van der Waals surface area contributed by atoms with Gasteiger partial charge in [0, 0.05) is 34.7 Å². The average molecular weight is 386 g/mol. The lowest BCUT2D eigenvalue weighted by Gasteiger charge is -2.29. The monoisotopic (exact) mass is 386 g/mol. The van der Waals surface area contributed by atoms with E-state index < -0.39 is 0 Å². The molecule has 1 saturated carbocycles. The van der Waals surface area contributed by atoms with Gasteiger partial charge in [-0.05, 0) is 68.9 Å². The molecule has 5 rings (SSSR count). The molecule has 0 aliphatic heterocycles. The van der Waals surface area contributed by atoms with Crippen LogP contribution in [-0.2, 0) is 0 Å². The third-order valence-corrected chi connectivity index (χ3v) is 6.45. The molecule has 1 fully saturated rings. The third-order valence-electron chi connectivity index (χ3n) is 6.45. The number of aromatic nitrogens is 3. The summed E-state index contributed by atoms with van der Waals surface area (Å²) in [7, 11) is 0. The first-order chi connectivity index (χ1) is 14.0. The number of fused-ring (bicyclic) bond motifs is 2. The van der Waals surface area contributed by atoms with Gasteiger partial charge in [-0.25, -0.2) is 4.98 Å². The molecule has 0 amide bonds. The third kappa shape index (κ3) is 2.97. The van der Waals surface area contributed by atoms with Gasteiger partial charge in [-0.15, -0.1) is 0 Å². The van der Waals surface area contributed by atoms with E-state index in [1.54, 1.807) is 0 Å². The number of rotatable bonds is 2. The minimum atomic E-state index is -0.00835. The standard InChI is InChI=1S/C24H26N4O/c1-14-11-21-22(12-15(14)2)28(17-9-7-16(25)8-10-17)24(29)23(27-21)19-13-26-20-6-4-3-5-18(19)20/h3-6,11-13,16-17,26H,7-10,25H2,1-2H3. The smallest absolute Gasteiger partial charge is 0.277 e.